The maximum Gasteiger partial charge on any atom is 0.219 e. The van der Waals surface area contributed by atoms with Crippen LogP contribution in [0.1, 0.15) is 37.6 Å². The number of nitrogens with two attached hydrogens (primary N) is 1. The molecule has 2 aromatic heterocycles. The third kappa shape index (κ3) is 3.14. The topological polar surface area (TPSA) is 88.5 Å². The van der Waals surface area contributed by atoms with Gasteiger partial charge in [0.25, 0.3) is 0 Å². The summed E-state index contributed by atoms with van der Waals surface area (Å²) in [4.78, 5) is 12.7. The van der Waals surface area contributed by atoms with E-state index in [0.717, 1.165) is 16.8 Å². The van der Waals surface area contributed by atoms with Crippen molar-refractivity contribution in [3.8, 4) is 17.2 Å². The molecule has 26 heavy (non-hydrogen) atoms. The van der Waals surface area contributed by atoms with Gasteiger partial charge in [-0.15, -0.1) is 0 Å². The van der Waals surface area contributed by atoms with Crippen molar-refractivity contribution < 1.29 is 0 Å². The van der Waals surface area contributed by atoms with Gasteiger partial charge in [0.05, 0.1) is 11.3 Å². The molecule has 2 heterocycles. The van der Waals surface area contributed by atoms with Gasteiger partial charge in [-0.1, -0.05) is 38.1 Å². The number of aromatic nitrogens is 3. The minimum Gasteiger partial charge on any atom is -0.368 e. The maximum absolute atomic E-state index is 9.01. The highest BCUT2D eigenvalue weighted by atomic mass is 15.0. The second-order valence-electron chi connectivity index (χ2n) is 6.81. The SMILES string of the molecule is CC(C)C(C)(c1ccc(-c2cnc(N)nc2)cc1)c1ccc(C#N)cn1. The predicted molar refractivity (Wildman–Crippen MR) is 102 cm³/mol. The van der Waals surface area contributed by atoms with Crippen molar-refractivity contribution in [1.29, 1.82) is 5.26 Å². The molecule has 3 rings (SSSR count). The van der Waals surface area contributed by atoms with Gasteiger partial charge in [0.15, 0.2) is 0 Å². The average molecular weight is 343 g/mol. The third-order valence-corrected chi connectivity index (χ3v) is 5.07. The molecule has 0 fully saturated rings. The first-order chi connectivity index (χ1) is 12.4. The first-order valence-electron chi connectivity index (χ1n) is 8.50. The number of anilines is 1. The fourth-order valence-electron chi connectivity index (χ4n) is 3.04. The van der Waals surface area contributed by atoms with E-state index in [1.165, 1.54) is 5.56 Å². The Hall–Kier alpha value is -3.26. The molecule has 0 bridgehead atoms. The van der Waals surface area contributed by atoms with E-state index >= 15 is 0 Å². The van der Waals surface area contributed by atoms with Crippen LogP contribution >= 0.6 is 0 Å². The summed E-state index contributed by atoms with van der Waals surface area (Å²) in [5.41, 5.74) is 9.95. The van der Waals surface area contributed by atoms with Gasteiger partial charge in [-0.05, 0) is 36.1 Å². The summed E-state index contributed by atoms with van der Waals surface area (Å²) in [6, 6.07) is 14.2. The molecular formula is C21H21N5. The summed E-state index contributed by atoms with van der Waals surface area (Å²) in [5, 5.41) is 9.01. The number of rotatable bonds is 4. The highest BCUT2D eigenvalue weighted by molar-refractivity contribution is 5.62. The number of hydrogen-bond acceptors (Lipinski definition) is 5. The standard InChI is InChI=1S/C21H21N5/c1-14(2)21(3,19-9-4-15(10-22)11-24-19)18-7-5-16(6-8-18)17-12-25-20(23)26-13-17/h4-9,11-14H,1-3H3,(H2,23,25,26). The van der Waals surface area contributed by atoms with Crippen LogP contribution in [0.25, 0.3) is 11.1 Å². The van der Waals surface area contributed by atoms with Crippen molar-refractivity contribution in [2.24, 2.45) is 5.92 Å². The monoisotopic (exact) mass is 343 g/mol. The van der Waals surface area contributed by atoms with Crippen molar-refractivity contribution >= 4 is 5.95 Å². The Morgan fingerprint density at radius 2 is 1.58 bits per heavy atom. The molecule has 1 aromatic carbocycles. The predicted octanol–water partition coefficient (Wildman–Crippen LogP) is 3.95. The number of nitriles is 1. The minimum absolute atomic E-state index is 0.260. The summed E-state index contributed by atoms with van der Waals surface area (Å²) < 4.78 is 0. The quantitative estimate of drug-likeness (QED) is 0.774. The minimum atomic E-state index is -0.260. The van der Waals surface area contributed by atoms with Crippen LogP contribution in [0.5, 0.6) is 0 Å². The molecule has 2 N–H and O–H groups in total. The highest BCUT2D eigenvalue weighted by Gasteiger charge is 2.33. The van der Waals surface area contributed by atoms with E-state index in [-0.39, 0.29) is 11.4 Å². The summed E-state index contributed by atoms with van der Waals surface area (Å²) in [5.74, 6) is 0.596. The van der Waals surface area contributed by atoms with Crippen molar-refractivity contribution in [2.75, 3.05) is 5.73 Å². The summed E-state index contributed by atoms with van der Waals surface area (Å²) in [6.45, 7) is 6.55. The lowest BCUT2D eigenvalue weighted by atomic mass is 9.70. The Labute approximate surface area is 153 Å². The summed E-state index contributed by atoms with van der Waals surface area (Å²) in [7, 11) is 0. The molecule has 3 aromatic rings. The molecule has 5 nitrogen and oxygen atoms in total. The van der Waals surface area contributed by atoms with Crippen molar-refractivity contribution in [3.63, 3.8) is 0 Å². The molecule has 1 unspecified atom stereocenters. The number of benzene rings is 1. The van der Waals surface area contributed by atoms with Crippen molar-refractivity contribution in [3.05, 3.63) is 71.8 Å². The highest BCUT2D eigenvalue weighted by Crippen LogP contribution is 2.38. The second kappa shape index (κ2) is 6.93. The molecule has 0 aliphatic carbocycles. The largest absolute Gasteiger partial charge is 0.368 e. The second-order valence-corrected chi connectivity index (χ2v) is 6.81. The Kier molecular flexibility index (Phi) is 4.68. The van der Waals surface area contributed by atoms with Crippen molar-refractivity contribution in [1.82, 2.24) is 15.0 Å². The van der Waals surface area contributed by atoms with E-state index in [1.54, 1.807) is 18.6 Å². The molecule has 0 saturated carbocycles. The zero-order valence-corrected chi connectivity index (χ0v) is 15.1. The van der Waals surface area contributed by atoms with Crippen LogP contribution in [0.15, 0.2) is 55.0 Å². The van der Waals surface area contributed by atoms with Gasteiger partial charge >= 0.3 is 0 Å². The molecule has 0 spiro atoms. The normalized spacial score (nSPS) is 13.2. The van der Waals surface area contributed by atoms with Crippen molar-refractivity contribution in [2.45, 2.75) is 26.2 Å². The van der Waals surface area contributed by atoms with E-state index in [0.29, 0.717) is 11.5 Å². The fraction of sp³-hybridized carbons (Fsp3) is 0.238. The zero-order valence-electron chi connectivity index (χ0n) is 15.1. The van der Waals surface area contributed by atoms with E-state index in [9.17, 15) is 0 Å². The average Bonchev–Trinajstić information content (AvgIpc) is 2.68. The lowest BCUT2D eigenvalue weighted by molar-refractivity contribution is 0.395. The molecule has 1 atom stereocenters. The third-order valence-electron chi connectivity index (χ3n) is 5.07. The van der Waals surface area contributed by atoms with Gasteiger partial charge in [0.1, 0.15) is 6.07 Å². The number of nitrogens with zero attached hydrogens (tertiary/aromatic N) is 4. The fourth-order valence-corrected chi connectivity index (χ4v) is 3.04. The van der Waals surface area contributed by atoms with Crippen LogP contribution in [0, 0.1) is 17.2 Å². The van der Waals surface area contributed by atoms with Gasteiger partial charge < -0.3 is 5.73 Å². The van der Waals surface area contributed by atoms with Crippen LogP contribution in [0.4, 0.5) is 5.95 Å². The summed E-state index contributed by atoms with van der Waals surface area (Å²) >= 11 is 0. The smallest absolute Gasteiger partial charge is 0.219 e. The lowest BCUT2D eigenvalue weighted by Gasteiger charge is -2.34. The zero-order chi connectivity index (χ0) is 18.7. The maximum atomic E-state index is 9.01. The van der Waals surface area contributed by atoms with Crippen LogP contribution < -0.4 is 5.73 Å². The molecular weight excluding hydrogens is 322 g/mol. The van der Waals surface area contributed by atoms with E-state index in [2.05, 4.69) is 66.1 Å². The lowest BCUT2D eigenvalue weighted by Crippen LogP contribution is -2.31. The molecule has 0 aliphatic rings. The van der Waals surface area contributed by atoms with Gasteiger partial charge in [-0.25, -0.2) is 9.97 Å². The van der Waals surface area contributed by atoms with Gasteiger partial charge in [0.2, 0.25) is 5.95 Å². The Bertz CT molecular complexity index is 922. The van der Waals surface area contributed by atoms with Gasteiger partial charge in [0, 0.05) is 29.6 Å². The number of hydrogen-bond donors (Lipinski definition) is 1. The Balaban J connectivity index is 2.00. The van der Waals surface area contributed by atoms with Gasteiger partial charge in [-0.2, -0.15) is 5.26 Å². The van der Waals surface area contributed by atoms with E-state index in [1.807, 2.05) is 12.1 Å². The number of nitrogen functional groups attached to an aromatic ring is 1. The van der Waals surface area contributed by atoms with Crippen LogP contribution in [-0.4, -0.2) is 15.0 Å². The summed E-state index contributed by atoms with van der Waals surface area (Å²) in [6.07, 6.45) is 5.08. The van der Waals surface area contributed by atoms with Gasteiger partial charge in [-0.3, -0.25) is 4.98 Å². The first-order valence-corrected chi connectivity index (χ1v) is 8.50. The molecule has 5 heteroatoms. The van der Waals surface area contributed by atoms with E-state index < -0.39 is 0 Å². The molecule has 130 valence electrons. The Morgan fingerprint density at radius 1 is 0.923 bits per heavy atom. The number of pyridine rings is 1. The first kappa shape index (κ1) is 17.6. The van der Waals surface area contributed by atoms with Crippen LogP contribution in [0.2, 0.25) is 0 Å². The van der Waals surface area contributed by atoms with Crippen LogP contribution in [-0.2, 0) is 5.41 Å². The Morgan fingerprint density at radius 3 is 2.08 bits per heavy atom. The van der Waals surface area contributed by atoms with E-state index in [4.69, 9.17) is 11.0 Å². The molecule has 0 aliphatic heterocycles. The van der Waals surface area contributed by atoms with Crippen LogP contribution in [0.3, 0.4) is 0 Å². The molecule has 0 radical (unpaired) electrons. The molecule has 0 amide bonds. The molecule has 0 saturated heterocycles.